The van der Waals surface area contributed by atoms with Gasteiger partial charge in [-0.3, -0.25) is 9.69 Å². The lowest BCUT2D eigenvalue weighted by Gasteiger charge is -2.11. The molecule has 2 N–H and O–H groups in total. The fraction of sp³-hybridized carbons (Fsp3) is 0.105. The van der Waals surface area contributed by atoms with Gasteiger partial charge >= 0.3 is 12.0 Å². The van der Waals surface area contributed by atoms with Gasteiger partial charge in [-0.15, -0.1) is 0 Å². The van der Waals surface area contributed by atoms with Gasteiger partial charge in [0.25, 0.3) is 5.91 Å². The highest BCUT2D eigenvalue weighted by Gasteiger charge is 2.33. The molecular formula is C19H13Cl2FN2O5. The largest absolute Gasteiger partial charge is 0.479 e. The second kappa shape index (κ2) is 8.50. The molecule has 1 aliphatic heterocycles. The molecule has 0 aromatic heterocycles. The summed E-state index contributed by atoms with van der Waals surface area (Å²) in [5.74, 6) is -2.18. The van der Waals surface area contributed by atoms with Crippen LogP contribution in [0.4, 0.5) is 9.18 Å². The van der Waals surface area contributed by atoms with E-state index >= 15 is 0 Å². The molecule has 2 aromatic carbocycles. The number of benzene rings is 2. The number of ether oxygens (including phenoxy) is 1. The van der Waals surface area contributed by atoms with Gasteiger partial charge in [-0.25, -0.2) is 14.0 Å². The fourth-order valence-corrected chi connectivity index (χ4v) is 3.20. The molecule has 0 spiro atoms. The Morgan fingerprint density at radius 3 is 2.38 bits per heavy atom. The van der Waals surface area contributed by atoms with Crippen LogP contribution in [-0.4, -0.2) is 34.5 Å². The molecule has 0 bridgehead atoms. The van der Waals surface area contributed by atoms with Crippen molar-refractivity contribution in [2.24, 2.45) is 0 Å². The van der Waals surface area contributed by atoms with E-state index in [4.69, 9.17) is 33.0 Å². The van der Waals surface area contributed by atoms with Gasteiger partial charge in [0.2, 0.25) is 0 Å². The average Bonchev–Trinajstić information content (AvgIpc) is 2.90. The number of nitrogens with zero attached hydrogens (tertiary/aromatic N) is 1. The number of carbonyl (C=O) groups is 3. The summed E-state index contributed by atoms with van der Waals surface area (Å²) in [5.41, 5.74) is 0.987. The highest BCUT2D eigenvalue weighted by molar-refractivity contribution is 6.37. The number of hydrogen-bond acceptors (Lipinski definition) is 4. The SMILES string of the molecule is O=C(O)COc1c(Cl)cc(/C=C2/NC(=O)N(Cc3ccc(F)cc3)C2=O)cc1Cl. The molecular weight excluding hydrogens is 426 g/mol. The van der Waals surface area contributed by atoms with E-state index in [1.807, 2.05) is 0 Å². The summed E-state index contributed by atoms with van der Waals surface area (Å²) in [6.07, 6.45) is 1.38. The normalized spacial score (nSPS) is 15.0. The maximum atomic E-state index is 13.0. The van der Waals surface area contributed by atoms with Gasteiger partial charge in [0.1, 0.15) is 11.5 Å². The molecule has 0 atom stereocenters. The van der Waals surface area contributed by atoms with Crippen LogP contribution in [0.5, 0.6) is 5.75 Å². The minimum atomic E-state index is -1.19. The number of nitrogens with one attached hydrogen (secondary N) is 1. The molecule has 29 heavy (non-hydrogen) atoms. The summed E-state index contributed by atoms with van der Waals surface area (Å²) in [6, 6.07) is 7.65. The Hall–Kier alpha value is -3.10. The van der Waals surface area contributed by atoms with Crippen LogP contribution in [0.2, 0.25) is 10.0 Å². The third-order valence-electron chi connectivity index (χ3n) is 3.89. The van der Waals surface area contributed by atoms with Crippen molar-refractivity contribution in [2.75, 3.05) is 6.61 Å². The highest BCUT2D eigenvalue weighted by Crippen LogP contribution is 2.35. The number of hydrogen-bond donors (Lipinski definition) is 2. The second-order valence-corrected chi connectivity index (χ2v) is 6.82. The van der Waals surface area contributed by atoms with Crippen molar-refractivity contribution in [1.82, 2.24) is 10.2 Å². The van der Waals surface area contributed by atoms with Crippen molar-refractivity contribution in [1.29, 1.82) is 0 Å². The predicted molar refractivity (Wildman–Crippen MR) is 103 cm³/mol. The number of aliphatic carboxylic acids is 1. The molecule has 0 aliphatic carbocycles. The smallest absolute Gasteiger partial charge is 0.341 e. The van der Waals surface area contributed by atoms with E-state index in [0.717, 1.165) is 4.90 Å². The number of imide groups is 1. The molecule has 1 heterocycles. The van der Waals surface area contributed by atoms with Crippen molar-refractivity contribution >= 4 is 47.2 Å². The van der Waals surface area contributed by atoms with E-state index in [1.165, 1.54) is 42.5 Å². The van der Waals surface area contributed by atoms with E-state index in [9.17, 15) is 18.8 Å². The molecule has 150 valence electrons. The number of rotatable bonds is 6. The van der Waals surface area contributed by atoms with Gasteiger partial charge in [0.05, 0.1) is 16.6 Å². The Morgan fingerprint density at radius 2 is 1.79 bits per heavy atom. The Labute approximate surface area is 174 Å². The number of carbonyl (C=O) groups excluding carboxylic acids is 2. The van der Waals surface area contributed by atoms with Gasteiger partial charge in [-0.05, 0) is 41.5 Å². The zero-order chi connectivity index (χ0) is 21.1. The summed E-state index contributed by atoms with van der Waals surface area (Å²) in [5, 5.41) is 11.2. The predicted octanol–water partition coefficient (Wildman–Crippen LogP) is 3.69. The van der Waals surface area contributed by atoms with Crippen molar-refractivity contribution in [3.05, 3.63) is 69.1 Å². The maximum Gasteiger partial charge on any atom is 0.341 e. The summed E-state index contributed by atoms with van der Waals surface area (Å²) < 4.78 is 18.0. The number of amides is 3. The molecule has 3 amide bonds. The van der Waals surface area contributed by atoms with Crippen LogP contribution in [0.25, 0.3) is 6.08 Å². The number of carboxylic acid groups (broad SMARTS) is 1. The average molecular weight is 439 g/mol. The van der Waals surface area contributed by atoms with E-state index in [0.29, 0.717) is 11.1 Å². The lowest BCUT2D eigenvalue weighted by atomic mass is 10.1. The van der Waals surface area contributed by atoms with E-state index < -0.39 is 30.3 Å². The minimum Gasteiger partial charge on any atom is -0.479 e. The first-order valence-corrected chi connectivity index (χ1v) is 8.93. The molecule has 3 rings (SSSR count). The van der Waals surface area contributed by atoms with E-state index in [2.05, 4.69) is 5.32 Å². The van der Waals surface area contributed by atoms with Gasteiger partial charge in [-0.2, -0.15) is 0 Å². The van der Waals surface area contributed by atoms with Crippen LogP contribution in [0, 0.1) is 5.82 Å². The standard InChI is InChI=1S/C19H13Cl2FN2O5/c20-13-5-11(6-14(21)17(13)29-9-16(25)26)7-15-18(27)24(19(28)23-15)8-10-1-3-12(22)4-2-10/h1-7H,8-9H2,(H,23,28)(H,25,26)/b15-7+. The molecule has 0 unspecified atom stereocenters. The summed E-state index contributed by atoms with van der Waals surface area (Å²) >= 11 is 12.1. The third-order valence-corrected chi connectivity index (χ3v) is 4.45. The molecule has 1 fully saturated rings. The van der Waals surface area contributed by atoms with Gasteiger partial charge in [0.15, 0.2) is 12.4 Å². The first-order chi connectivity index (χ1) is 13.7. The van der Waals surface area contributed by atoms with E-state index in [1.54, 1.807) is 0 Å². The first kappa shape index (κ1) is 20.6. The van der Waals surface area contributed by atoms with Crippen LogP contribution >= 0.6 is 23.2 Å². The summed E-state index contributed by atoms with van der Waals surface area (Å²) in [7, 11) is 0. The zero-order valence-electron chi connectivity index (χ0n) is 14.6. The zero-order valence-corrected chi connectivity index (χ0v) is 16.1. The van der Waals surface area contributed by atoms with Crippen LogP contribution in [-0.2, 0) is 16.1 Å². The number of carboxylic acids is 1. The van der Waals surface area contributed by atoms with Crippen molar-refractivity contribution in [3.63, 3.8) is 0 Å². The van der Waals surface area contributed by atoms with Crippen molar-refractivity contribution < 1.29 is 28.6 Å². The topological polar surface area (TPSA) is 95.9 Å². The van der Waals surface area contributed by atoms with Gasteiger partial charge in [0, 0.05) is 0 Å². The van der Waals surface area contributed by atoms with Crippen LogP contribution in [0.15, 0.2) is 42.1 Å². The molecule has 0 saturated carbocycles. The molecule has 7 nitrogen and oxygen atoms in total. The lowest BCUT2D eigenvalue weighted by Crippen LogP contribution is -2.30. The first-order valence-electron chi connectivity index (χ1n) is 8.17. The second-order valence-electron chi connectivity index (χ2n) is 6.00. The van der Waals surface area contributed by atoms with Crippen molar-refractivity contribution in [2.45, 2.75) is 6.54 Å². The highest BCUT2D eigenvalue weighted by atomic mass is 35.5. The Bertz CT molecular complexity index is 1000. The number of urea groups is 1. The van der Waals surface area contributed by atoms with E-state index in [-0.39, 0.29) is 28.0 Å². The van der Waals surface area contributed by atoms with Crippen LogP contribution in [0.3, 0.4) is 0 Å². The Morgan fingerprint density at radius 1 is 1.17 bits per heavy atom. The minimum absolute atomic E-state index is 0.00222. The quantitative estimate of drug-likeness (QED) is 0.529. The van der Waals surface area contributed by atoms with Crippen LogP contribution in [0.1, 0.15) is 11.1 Å². The van der Waals surface area contributed by atoms with Crippen molar-refractivity contribution in [3.8, 4) is 5.75 Å². The Kier molecular flexibility index (Phi) is 6.05. The molecule has 2 aromatic rings. The molecule has 1 saturated heterocycles. The fourth-order valence-electron chi connectivity index (χ4n) is 2.59. The third kappa shape index (κ3) is 4.85. The maximum absolute atomic E-state index is 13.0. The Balaban J connectivity index is 1.80. The van der Waals surface area contributed by atoms with Crippen LogP contribution < -0.4 is 10.1 Å². The number of halogens is 3. The summed E-state index contributed by atoms with van der Waals surface area (Å²) in [6.45, 7) is -0.640. The molecule has 10 heteroatoms. The monoisotopic (exact) mass is 438 g/mol. The molecule has 1 aliphatic rings. The van der Waals surface area contributed by atoms with Gasteiger partial charge < -0.3 is 15.2 Å². The molecule has 0 radical (unpaired) electrons. The van der Waals surface area contributed by atoms with Gasteiger partial charge in [-0.1, -0.05) is 35.3 Å². The summed E-state index contributed by atoms with van der Waals surface area (Å²) in [4.78, 5) is 36.3. The lowest BCUT2D eigenvalue weighted by molar-refractivity contribution is -0.139.